The lowest BCUT2D eigenvalue weighted by Crippen LogP contribution is -2.24. The van der Waals surface area contributed by atoms with Gasteiger partial charge >= 0.3 is 0 Å². The lowest BCUT2D eigenvalue weighted by atomic mass is 10.2. The standard InChI is InChI=1S/C19H21BrClN5O/c1-11-16(20)10-26(23-11)14(4)19(27)22-18-12(2)24-25(13(18)3)9-15-7-5-6-8-17(15)21/h5-8,10,14H,9H2,1-4H3,(H,22,27). The number of rotatable bonds is 5. The summed E-state index contributed by atoms with van der Waals surface area (Å²) in [4.78, 5) is 12.7. The van der Waals surface area contributed by atoms with Crippen molar-refractivity contribution in [3.8, 4) is 0 Å². The summed E-state index contributed by atoms with van der Waals surface area (Å²) < 4.78 is 4.38. The second-order valence-corrected chi connectivity index (χ2v) is 7.76. The maximum Gasteiger partial charge on any atom is 0.249 e. The molecular formula is C19H21BrClN5O. The van der Waals surface area contributed by atoms with E-state index in [-0.39, 0.29) is 5.91 Å². The zero-order valence-electron chi connectivity index (χ0n) is 15.6. The van der Waals surface area contributed by atoms with Crippen molar-refractivity contribution in [3.63, 3.8) is 0 Å². The molecule has 1 unspecified atom stereocenters. The monoisotopic (exact) mass is 449 g/mol. The van der Waals surface area contributed by atoms with E-state index in [4.69, 9.17) is 11.6 Å². The number of amides is 1. The van der Waals surface area contributed by atoms with Crippen molar-refractivity contribution in [1.82, 2.24) is 19.6 Å². The van der Waals surface area contributed by atoms with E-state index < -0.39 is 6.04 Å². The van der Waals surface area contributed by atoms with E-state index in [9.17, 15) is 4.79 Å². The molecular weight excluding hydrogens is 430 g/mol. The minimum atomic E-state index is -0.444. The smallest absolute Gasteiger partial charge is 0.249 e. The summed E-state index contributed by atoms with van der Waals surface area (Å²) in [5.74, 6) is -0.145. The number of carbonyl (C=O) groups excluding carboxylic acids is 1. The van der Waals surface area contributed by atoms with Gasteiger partial charge in [0.05, 0.1) is 33.8 Å². The molecule has 1 aromatic carbocycles. The number of hydrogen-bond donors (Lipinski definition) is 1. The highest BCUT2D eigenvalue weighted by atomic mass is 79.9. The van der Waals surface area contributed by atoms with Crippen molar-refractivity contribution in [2.45, 2.75) is 40.3 Å². The van der Waals surface area contributed by atoms with Crippen LogP contribution in [0, 0.1) is 20.8 Å². The van der Waals surface area contributed by atoms with Crippen LogP contribution in [0.15, 0.2) is 34.9 Å². The molecule has 0 aliphatic rings. The van der Waals surface area contributed by atoms with Gasteiger partial charge in [-0.3, -0.25) is 14.2 Å². The van der Waals surface area contributed by atoms with Crippen molar-refractivity contribution in [2.75, 3.05) is 5.32 Å². The van der Waals surface area contributed by atoms with Gasteiger partial charge in [-0.2, -0.15) is 10.2 Å². The predicted molar refractivity (Wildman–Crippen MR) is 110 cm³/mol. The molecule has 6 nitrogen and oxygen atoms in total. The Balaban J connectivity index is 1.80. The first-order valence-electron chi connectivity index (χ1n) is 8.57. The predicted octanol–water partition coefficient (Wildman–Crippen LogP) is 4.67. The molecule has 8 heteroatoms. The highest BCUT2D eigenvalue weighted by Crippen LogP contribution is 2.24. The van der Waals surface area contributed by atoms with Gasteiger partial charge in [-0.25, -0.2) is 0 Å². The molecule has 0 saturated carbocycles. The molecule has 3 rings (SSSR count). The first-order chi connectivity index (χ1) is 12.8. The second-order valence-electron chi connectivity index (χ2n) is 6.50. The summed E-state index contributed by atoms with van der Waals surface area (Å²) in [5.41, 5.74) is 4.19. The SMILES string of the molecule is Cc1nn(C(C)C(=O)Nc2c(C)nn(Cc3ccccc3Cl)c2C)cc1Br. The van der Waals surface area contributed by atoms with Crippen LogP contribution < -0.4 is 5.32 Å². The van der Waals surface area contributed by atoms with Crippen LogP contribution in [0.1, 0.15) is 35.6 Å². The van der Waals surface area contributed by atoms with Gasteiger partial charge in [0.2, 0.25) is 5.91 Å². The van der Waals surface area contributed by atoms with E-state index in [2.05, 4.69) is 31.4 Å². The molecule has 27 heavy (non-hydrogen) atoms. The normalized spacial score (nSPS) is 12.2. The van der Waals surface area contributed by atoms with E-state index in [0.717, 1.165) is 32.8 Å². The largest absolute Gasteiger partial charge is 0.321 e. The minimum Gasteiger partial charge on any atom is -0.321 e. The Morgan fingerprint density at radius 3 is 2.56 bits per heavy atom. The Kier molecular flexibility index (Phi) is 5.72. The number of aryl methyl sites for hydroxylation is 2. The third-order valence-electron chi connectivity index (χ3n) is 4.54. The van der Waals surface area contributed by atoms with Crippen LogP contribution in [0.3, 0.4) is 0 Å². The fourth-order valence-corrected chi connectivity index (χ4v) is 3.31. The highest BCUT2D eigenvalue weighted by molar-refractivity contribution is 9.10. The number of halogens is 2. The maximum absolute atomic E-state index is 12.7. The van der Waals surface area contributed by atoms with Crippen molar-refractivity contribution < 1.29 is 4.79 Å². The fourth-order valence-electron chi connectivity index (χ4n) is 2.83. The van der Waals surface area contributed by atoms with Crippen molar-refractivity contribution in [2.24, 2.45) is 0 Å². The van der Waals surface area contributed by atoms with Crippen molar-refractivity contribution >= 4 is 39.1 Å². The first-order valence-corrected chi connectivity index (χ1v) is 9.74. The molecule has 0 saturated heterocycles. The molecule has 0 spiro atoms. The van der Waals surface area contributed by atoms with Gasteiger partial charge in [-0.1, -0.05) is 29.8 Å². The summed E-state index contributed by atoms with van der Waals surface area (Å²) in [6.45, 7) is 8.06. The molecule has 3 aromatic rings. The number of carbonyl (C=O) groups is 1. The van der Waals surface area contributed by atoms with Gasteiger partial charge in [0.25, 0.3) is 0 Å². The third-order valence-corrected chi connectivity index (χ3v) is 5.69. The Labute approximate surface area is 171 Å². The Hall–Kier alpha value is -2.12. The first kappa shape index (κ1) is 19.6. The third kappa shape index (κ3) is 4.09. The molecule has 2 heterocycles. The Morgan fingerprint density at radius 1 is 1.22 bits per heavy atom. The van der Waals surface area contributed by atoms with Crippen LogP contribution in [0.5, 0.6) is 0 Å². The quantitative estimate of drug-likeness (QED) is 0.614. The summed E-state index contributed by atoms with van der Waals surface area (Å²) in [5, 5.41) is 12.6. The zero-order valence-corrected chi connectivity index (χ0v) is 18.0. The van der Waals surface area contributed by atoms with Crippen LogP contribution in [0.4, 0.5) is 5.69 Å². The highest BCUT2D eigenvalue weighted by Gasteiger charge is 2.21. The van der Waals surface area contributed by atoms with Gasteiger partial charge in [0, 0.05) is 11.2 Å². The topological polar surface area (TPSA) is 64.7 Å². The molecule has 142 valence electrons. The van der Waals surface area contributed by atoms with E-state index in [0.29, 0.717) is 11.6 Å². The van der Waals surface area contributed by atoms with Crippen LogP contribution in [-0.2, 0) is 11.3 Å². The van der Waals surface area contributed by atoms with E-state index in [1.54, 1.807) is 10.9 Å². The van der Waals surface area contributed by atoms with Crippen LogP contribution >= 0.6 is 27.5 Å². The van der Waals surface area contributed by atoms with E-state index in [1.165, 1.54) is 0 Å². The number of nitrogens with one attached hydrogen (secondary N) is 1. The van der Waals surface area contributed by atoms with Gasteiger partial charge in [-0.15, -0.1) is 0 Å². The summed E-state index contributed by atoms with van der Waals surface area (Å²) in [6.07, 6.45) is 1.81. The zero-order chi connectivity index (χ0) is 19.7. The lowest BCUT2D eigenvalue weighted by Gasteiger charge is -2.13. The fraction of sp³-hybridized carbons (Fsp3) is 0.316. The van der Waals surface area contributed by atoms with Gasteiger partial charge in [-0.05, 0) is 55.3 Å². The molecule has 2 aromatic heterocycles. The Morgan fingerprint density at radius 2 is 1.93 bits per heavy atom. The number of nitrogens with zero attached hydrogens (tertiary/aromatic N) is 4. The molecule has 0 fully saturated rings. The van der Waals surface area contributed by atoms with E-state index in [1.807, 2.05) is 56.6 Å². The molecule has 0 radical (unpaired) electrons. The number of benzene rings is 1. The molecule has 1 atom stereocenters. The number of hydrogen-bond acceptors (Lipinski definition) is 3. The molecule has 0 aliphatic heterocycles. The van der Waals surface area contributed by atoms with Gasteiger partial charge in [0.1, 0.15) is 6.04 Å². The summed E-state index contributed by atoms with van der Waals surface area (Å²) >= 11 is 9.68. The summed E-state index contributed by atoms with van der Waals surface area (Å²) in [6, 6.07) is 7.23. The van der Waals surface area contributed by atoms with Crippen molar-refractivity contribution in [3.05, 3.63) is 62.6 Å². The second kappa shape index (κ2) is 7.86. The molecule has 0 bridgehead atoms. The molecule has 0 aliphatic carbocycles. The minimum absolute atomic E-state index is 0.145. The number of anilines is 1. The average Bonchev–Trinajstić information content (AvgIpc) is 3.10. The van der Waals surface area contributed by atoms with Crippen LogP contribution in [0.25, 0.3) is 0 Å². The summed E-state index contributed by atoms with van der Waals surface area (Å²) in [7, 11) is 0. The van der Waals surface area contributed by atoms with Crippen LogP contribution in [0.2, 0.25) is 5.02 Å². The molecule has 1 amide bonds. The van der Waals surface area contributed by atoms with Gasteiger partial charge in [0.15, 0.2) is 0 Å². The van der Waals surface area contributed by atoms with E-state index >= 15 is 0 Å². The van der Waals surface area contributed by atoms with Gasteiger partial charge < -0.3 is 5.32 Å². The number of aromatic nitrogens is 4. The Bertz CT molecular complexity index is 975. The van der Waals surface area contributed by atoms with Crippen LogP contribution in [-0.4, -0.2) is 25.5 Å². The van der Waals surface area contributed by atoms with Crippen molar-refractivity contribution in [1.29, 1.82) is 0 Å². The molecule has 1 N–H and O–H groups in total. The average molecular weight is 451 g/mol. The lowest BCUT2D eigenvalue weighted by molar-refractivity contribution is -0.119. The maximum atomic E-state index is 12.7.